The topological polar surface area (TPSA) is 60.2 Å². The zero-order valence-electron chi connectivity index (χ0n) is 13.2. The van der Waals surface area contributed by atoms with Gasteiger partial charge in [-0.1, -0.05) is 12.1 Å². The first-order valence-electron chi connectivity index (χ1n) is 7.65. The molecule has 116 valence electrons. The fraction of sp³-hybridized carbons (Fsp3) is 0.800. The van der Waals surface area contributed by atoms with Gasteiger partial charge in [0, 0.05) is 12.2 Å². The molecule has 3 aliphatic rings. The van der Waals surface area contributed by atoms with Gasteiger partial charge in [-0.25, -0.2) is 4.79 Å². The number of amides is 1. The van der Waals surface area contributed by atoms with E-state index in [-0.39, 0.29) is 11.6 Å². The quantitative estimate of drug-likeness (QED) is 0.840. The molecular weight excluding hydrogens is 268 g/mol. The molecule has 4 rings (SSSR count). The average molecular weight is 292 g/mol. The first kappa shape index (κ1) is 14.4. The van der Waals surface area contributed by atoms with Gasteiger partial charge in [0.25, 0.3) is 0 Å². The van der Waals surface area contributed by atoms with Gasteiger partial charge in [0.05, 0.1) is 18.3 Å². The summed E-state index contributed by atoms with van der Waals surface area (Å²) in [6.45, 7) is 8.69. The van der Waals surface area contributed by atoms with Crippen LogP contribution in [-0.2, 0) is 11.3 Å². The molecule has 3 fully saturated rings. The van der Waals surface area contributed by atoms with E-state index in [9.17, 15) is 4.79 Å². The minimum atomic E-state index is -0.457. The summed E-state index contributed by atoms with van der Waals surface area (Å²) in [6.07, 6.45) is 6.45. The first-order valence-corrected chi connectivity index (χ1v) is 7.65. The van der Waals surface area contributed by atoms with E-state index in [1.807, 2.05) is 36.5 Å². The van der Waals surface area contributed by atoms with Gasteiger partial charge in [-0.3, -0.25) is 9.58 Å². The molecule has 2 saturated heterocycles. The number of hydrogen-bond donors (Lipinski definition) is 0. The number of aromatic nitrogens is 3. The molecule has 3 atom stereocenters. The van der Waals surface area contributed by atoms with Crippen molar-refractivity contribution < 1.29 is 9.53 Å². The lowest BCUT2D eigenvalue weighted by molar-refractivity contribution is -0.131. The number of hydrogen-bond acceptors (Lipinski definition) is 4. The molecule has 1 aromatic heterocycles. The number of rotatable bonds is 2. The van der Waals surface area contributed by atoms with E-state index in [2.05, 4.69) is 17.2 Å². The molecule has 1 aliphatic carbocycles. The summed E-state index contributed by atoms with van der Waals surface area (Å²) in [5, 5.41) is 7.92. The third-order valence-corrected chi connectivity index (χ3v) is 4.41. The monoisotopic (exact) mass is 292 g/mol. The Kier molecular flexibility index (Phi) is 3.22. The van der Waals surface area contributed by atoms with Crippen molar-refractivity contribution in [3.63, 3.8) is 0 Å². The fourth-order valence-electron chi connectivity index (χ4n) is 3.95. The van der Waals surface area contributed by atoms with Crippen molar-refractivity contribution in [2.24, 2.45) is 5.92 Å². The molecule has 0 radical (unpaired) electrons. The van der Waals surface area contributed by atoms with Gasteiger partial charge in [-0.2, -0.15) is 0 Å². The molecule has 1 saturated carbocycles. The van der Waals surface area contributed by atoms with Gasteiger partial charge in [0.1, 0.15) is 5.60 Å². The van der Waals surface area contributed by atoms with E-state index in [1.165, 1.54) is 0 Å². The minimum absolute atomic E-state index is 0.154. The largest absolute Gasteiger partial charge is 0.444 e. The Morgan fingerprint density at radius 3 is 2.81 bits per heavy atom. The third-order valence-electron chi connectivity index (χ3n) is 4.41. The van der Waals surface area contributed by atoms with E-state index in [4.69, 9.17) is 4.74 Å². The number of fused-ring (bicyclic) bond motifs is 2. The molecule has 2 bridgehead atoms. The summed E-state index contributed by atoms with van der Waals surface area (Å²) in [4.78, 5) is 14.5. The van der Waals surface area contributed by atoms with Gasteiger partial charge in [0.15, 0.2) is 0 Å². The highest BCUT2D eigenvalue weighted by molar-refractivity contribution is 5.71. The lowest BCUT2D eigenvalue weighted by atomic mass is 9.64. The van der Waals surface area contributed by atoms with Crippen LogP contribution in [0.1, 0.15) is 47.0 Å². The Bertz CT molecular complexity index is 522. The van der Waals surface area contributed by atoms with E-state index in [1.54, 1.807) is 6.20 Å². The van der Waals surface area contributed by atoms with Gasteiger partial charge in [-0.05, 0) is 46.0 Å². The SMILES string of the molecule is C[C@@H]1CC2CC(Cn3ccnn3)(C1)N2C(=O)OC(C)(C)C. The molecule has 3 heterocycles. The third kappa shape index (κ3) is 2.63. The standard InChI is InChI=1S/C15H24N4O2/c1-11-7-12-9-15(8-11,10-18-6-5-16-17-18)19(12)13(20)21-14(2,3)4/h5-6,11-12H,7-10H2,1-4H3/t11-,12?,15?/m1/s1. The van der Waals surface area contributed by atoms with Crippen LogP contribution in [0.2, 0.25) is 0 Å². The highest BCUT2D eigenvalue weighted by atomic mass is 16.6. The Balaban J connectivity index is 1.80. The van der Waals surface area contributed by atoms with E-state index >= 15 is 0 Å². The summed E-state index contributed by atoms with van der Waals surface area (Å²) < 4.78 is 7.42. The lowest BCUT2D eigenvalue weighted by Gasteiger charge is -2.62. The summed E-state index contributed by atoms with van der Waals surface area (Å²) >= 11 is 0. The molecule has 0 N–H and O–H groups in total. The van der Waals surface area contributed by atoms with Crippen LogP contribution in [0.5, 0.6) is 0 Å². The number of carbonyl (C=O) groups excluding carboxylic acids is 1. The van der Waals surface area contributed by atoms with Crippen molar-refractivity contribution in [2.75, 3.05) is 0 Å². The van der Waals surface area contributed by atoms with Crippen LogP contribution < -0.4 is 0 Å². The van der Waals surface area contributed by atoms with Crippen molar-refractivity contribution in [2.45, 2.75) is 70.7 Å². The van der Waals surface area contributed by atoms with E-state index in [0.29, 0.717) is 18.5 Å². The molecule has 1 amide bonds. The Labute approximate surface area is 125 Å². The molecule has 0 spiro atoms. The number of carbonyl (C=O) groups is 1. The summed E-state index contributed by atoms with van der Waals surface area (Å²) in [5.41, 5.74) is -0.612. The lowest BCUT2D eigenvalue weighted by Crippen LogP contribution is -2.73. The molecule has 6 heteroatoms. The van der Waals surface area contributed by atoms with Crippen LogP contribution in [0.25, 0.3) is 0 Å². The van der Waals surface area contributed by atoms with Crippen LogP contribution in [0.15, 0.2) is 12.4 Å². The van der Waals surface area contributed by atoms with Crippen molar-refractivity contribution >= 4 is 6.09 Å². The molecule has 0 aromatic carbocycles. The van der Waals surface area contributed by atoms with E-state index < -0.39 is 5.60 Å². The van der Waals surface area contributed by atoms with Gasteiger partial charge in [0.2, 0.25) is 0 Å². The summed E-state index contributed by atoms with van der Waals surface area (Å²) in [6, 6.07) is 0.312. The molecule has 6 nitrogen and oxygen atoms in total. The van der Waals surface area contributed by atoms with Crippen LogP contribution in [0.4, 0.5) is 4.79 Å². The second-order valence-corrected chi connectivity index (χ2v) is 7.58. The van der Waals surface area contributed by atoms with Crippen molar-refractivity contribution in [3.05, 3.63) is 12.4 Å². The highest BCUT2D eigenvalue weighted by Gasteiger charge is 2.59. The molecule has 1 aromatic rings. The van der Waals surface area contributed by atoms with Gasteiger partial charge >= 0.3 is 6.09 Å². The average Bonchev–Trinajstić information content (AvgIpc) is 2.77. The maximum atomic E-state index is 12.6. The van der Waals surface area contributed by atoms with E-state index in [0.717, 1.165) is 19.3 Å². The minimum Gasteiger partial charge on any atom is -0.444 e. The normalized spacial score (nSPS) is 31.7. The Hall–Kier alpha value is -1.59. The number of piperidine rings is 1. The number of ether oxygens (including phenoxy) is 1. The molecular formula is C15H24N4O2. The Morgan fingerprint density at radius 1 is 1.43 bits per heavy atom. The zero-order valence-corrected chi connectivity index (χ0v) is 13.2. The van der Waals surface area contributed by atoms with Crippen LogP contribution >= 0.6 is 0 Å². The maximum Gasteiger partial charge on any atom is 0.411 e. The highest BCUT2D eigenvalue weighted by Crippen LogP contribution is 2.51. The second-order valence-electron chi connectivity index (χ2n) is 7.58. The summed E-state index contributed by atoms with van der Waals surface area (Å²) in [7, 11) is 0. The number of nitrogens with zero attached hydrogens (tertiary/aromatic N) is 4. The first-order chi connectivity index (χ1) is 9.79. The van der Waals surface area contributed by atoms with Gasteiger partial charge in [-0.15, -0.1) is 5.10 Å². The fourth-order valence-corrected chi connectivity index (χ4v) is 3.95. The smallest absolute Gasteiger partial charge is 0.411 e. The van der Waals surface area contributed by atoms with Crippen LogP contribution in [0.3, 0.4) is 0 Å². The Morgan fingerprint density at radius 2 is 2.19 bits per heavy atom. The molecule has 2 unspecified atom stereocenters. The van der Waals surface area contributed by atoms with Crippen LogP contribution in [-0.4, -0.2) is 43.2 Å². The predicted octanol–water partition coefficient (Wildman–Crippen LogP) is 2.46. The zero-order chi connectivity index (χ0) is 15.3. The van der Waals surface area contributed by atoms with Crippen molar-refractivity contribution in [1.82, 2.24) is 19.9 Å². The predicted molar refractivity (Wildman–Crippen MR) is 77.6 cm³/mol. The molecule has 2 aliphatic heterocycles. The summed E-state index contributed by atoms with van der Waals surface area (Å²) in [5.74, 6) is 0.631. The molecule has 21 heavy (non-hydrogen) atoms. The second kappa shape index (κ2) is 4.71. The van der Waals surface area contributed by atoms with Crippen molar-refractivity contribution in [3.8, 4) is 0 Å². The van der Waals surface area contributed by atoms with Gasteiger partial charge < -0.3 is 4.74 Å². The van der Waals surface area contributed by atoms with Crippen molar-refractivity contribution in [1.29, 1.82) is 0 Å². The maximum absolute atomic E-state index is 12.6. The van der Waals surface area contributed by atoms with Crippen LogP contribution in [0, 0.1) is 5.92 Å².